The monoisotopic (exact) mass is 255 g/mol. The molecule has 1 aliphatic rings. The first-order valence-corrected chi connectivity index (χ1v) is 6.60. The topological polar surface area (TPSA) is 58.0 Å². The van der Waals surface area contributed by atoms with Crippen molar-refractivity contribution in [3.63, 3.8) is 0 Å². The molecule has 0 radical (unpaired) electrons. The molecule has 0 saturated heterocycles. The smallest absolute Gasteiger partial charge is 0.126 e. The first kappa shape index (κ1) is 12.1. The molecule has 4 heteroatoms. The molecule has 3 rings (SSSR count). The highest BCUT2D eigenvalue weighted by molar-refractivity contribution is 5.65. The number of fused-ring (bicyclic) bond motifs is 1. The molecule has 1 aromatic carbocycles. The second-order valence-corrected chi connectivity index (χ2v) is 4.84. The SMILES string of the molecule is Cc1nc2c(c(-c3ccc(O)cc3)n1)CCNCC2. The lowest BCUT2D eigenvalue weighted by Gasteiger charge is -2.12. The molecular weight excluding hydrogens is 238 g/mol. The van der Waals surface area contributed by atoms with Gasteiger partial charge in [-0.3, -0.25) is 0 Å². The number of phenols is 1. The van der Waals surface area contributed by atoms with Gasteiger partial charge in [-0.05, 0) is 44.2 Å². The molecule has 4 nitrogen and oxygen atoms in total. The first-order chi connectivity index (χ1) is 9.24. The molecule has 0 saturated carbocycles. The maximum Gasteiger partial charge on any atom is 0.126 e. The normalized spacial score (nSPS) is 14.8. The number of aromatic nitrogens is 2. The molecule has 0 fully saturated rings. The Morgan fingerprint density at radius 1 is 1.05 bits per heavy atom. The Labute approximate surface area is 112 Å². The molecular formula is C15H17N3O. The molecule has 1 aliphatic heterocycles. The van der Waals surface area contributed by atoms with E-state index in [1.54, 1.807) is 12.1 Å². The number of phenolic OH excluding ortho intramolecular Hbond substituents is 1. The standard InChI is InChI=1S/C15H17N3O/c1-10-17-14-7-9-16-8-6-13(14)15(18-10)11-2-4-12(19)5-3-11/h2-5,16,19H,6-9H2,1H3. The van der Waals surface area contributed by atoms with E-state index < -0.39 is 0 Å². The predicted molar refractivity (Wildman–Crippen MR) is 74.1 cm³/mol. The maximum absolute atomic E-state index is 9.40. The minimum absolute atomic E-state index is 0.280. The first-order valence-electron chi connectivity index (χ1n) is 6.60. The summed E-state index contributed by atoms with van der Waals surface area (Å²) in [5.74, 6) is 1.09. The fourth-order valence-electron chi connectivity index (χ4n) is 2.53. The van der Waals surface area contributed by atoms with Crippen molar-refractivity contribution in [1.29, 1.82) is 0 Å². The lowest BCUT2D eigenvalue weighted by molar-refractivity contribution is 0.475. The third kappa shape index (κ3) is 2.44. The zero-order valence-electron chi connectivity index (χ0n) is 11.0. The summed E-state index contributed by atoms with van der Waals surface area (Å²) >= 11 is 0. The Morgan fingerprint density at radius 2 is 1.79 bits per heavy atom. The average molecular weight is 255 g/mol. The summed E-state index contributed by atoms with van der Waals surface area (Å²) in [7, 11) is 0. The molecule has 0 atom stereocenters. The number of nitrogens with zero attached hydrogens (tertiary/aromatic N) is 2. The predicted octanol–water partition coefficient (Wildman–Crippen LogP) is 1.85. The zero-order chi connectivity index (χ0) is 13.2. The van der Waals surface area contributed by atoms with E-state index in [0.717, 1.165) is 48.7 Å². The van der Waals surface area contributed by atoms with Crippen LogP contribution in [0.3, 0.4) is 0 Å². The van der Waals surface area contributed by atoms with Crippen LogP contribution < -0.4 is 5.32 Å². The van der Waals surface area contributed by atoms with Crippen LogP contribution in [0.4, 0.5) is 0 Å². The third-order valence-corrected chi connectivity index (χ3v) is 3.44. The van der Waals surface area contributed by atoms with Crippen LogP contribution in [0.1, 0.15) is 17.1 Å². The molecule has 2 heterocycles. The lowest BCUT2D eigenvalue weighted by Crippen LogP contribution is -2.16. The number of benzene rings is 1. The summed E-state index contributed by atoms with van der Waals surface area (Å²) in [6, 6.07) is 7.23. The number of hydrogen-bond donors (Lipinski definition) is 2. The number of nitrogens with one attached hydrogen (secondary N) is 1. The Bertz CT molecular complexity index is 593. The number of aromatic hydroxyl groups is 1. The van der Waals surface area contributed by atoms with Crippen molar-refractivity contribution < 1.29 is 5.11 Å². The maximum atomic E-state index is 9.40. The summed E-state index contributed by atoms with van der Waals surface area (Å²) < 4.78 is 0. The van der Waals surface area contributed by atoms with Crippen LogP contribution in [-0.2, 0) is 12.8 Å². The van der Waals surface area contributed by atoms with E-state index in [-0.39, 0.29) is 5.75 Å². The number of rotatable bonds is 1. The van der Waals surface area contributed by atoms with E-state index in [1.165, 1.54) is 5.56 Å². The van der Waals surface area contributed by atoms with Crippen LogP contribution in [0.5, 0.6) is 5.75 Å². The molecule has 2 aromatic rings. The highest BCUT2D eigenvalue weighted by Crippen LogP contribution is 2.26. The van der Waals surface area contributed by atoms with Gasteiger partial charge in [0.25, 0.3) is 0 Å². The van der Waals surface area contributed by atoms with Crippen LogP contribution in [-0.4, -0.2) is 28.2 Å². The van der Waals surface area contributed by atoms with E-state index in [4.69, 9.17) is 0 Å². The third-order valence-electron chi connectivity index (χ3n) is 3.44. The van der Waals surface area contributed by atoms with Crippen molar-refractivity contribution >= 4 is 0 Å². The van der Waals surface area contributed by atoms with E-state index in [0.29, 0.717) is 0 Å². The lowest BCUT2D eigenvalue weighted by atomic mass is 10.0. The van der Waals surface area contributed by atoms with Crippen LogP contribution in [0.25, 0.3) is 11.3 Å². The summed E-state index contributed by atoms with van der Waals surface area (Å²) in [4.78, 5) is 9.18. The van der Waals surface area contributed by atoms with E-state index in [9.17, 15) is 5.11 Å². The van der Waals surface area contributed by atoms with E-state index in [1.807, 2.05) is 19.1 Å². The van der Waals surface area contributed by atoms with E-state index >= 15 is 0 Å². The number of aryl methyl sites for hydroxylation is 1. The molecule has 0 amide bonds. The molecule has 0 bridgehead atoms. The largest absolute Gasteiger partial charge is 0.508 e. The van der Waals surface area contributed by atoms with Gasteiger partial charge in [-0.25, -0.2) is 9.97 Å². The molecule has 1 aromatic heterocycles. The Balaban J connectivity index is 2.14. The fraction of sp³-hybridized carbons (Fsp3) is 0.333. The van der Waals surface area contributed by atoms with Gasteiger partial charge in [0.15, 0.2) is 0 Å². The average Bonchev–Trinajstić information content (AvgIpc) is 2.64. The van der Waals surface area contributed by atoms with Gasteiger partial charge in [-0.2, -0.15) is 0 Å². The minimum atomic E-state index is 0.280. The van der Waals surface area contributed by atoms with Gasteiger partial charge in [0.05, 0.1) is 5.69 Å². The van der Waals surface area contributed by atoms with E-state index in [2.05, 4.69) is 15.3 Å². The van der Waals surface area contributed by atoms with Crippen LogP contribution in [0, 0.1) is 6.92 Å². The highest BCUT2D eigenvalue weighted by Gasteiger charge is 2.16. The zero-order valence-corrected chi connectivity index (χ0v) is 11.0. The summed E-state index contributed by atoms with van der Waals surface area (Å²) in [6.45, 7) is 3.87. The summed E-state index contributed by atoms with van der Waals surface area (Å²) in [5, 5.41) is 12.8. The highest BCUT2D eigenvalue weighted by atomic mass is 16.3. The van der Waals surface area contributed by atoms with Gasteiger partial charge in [0.2, 0.25) is 0 Å². The molecule has 0 unspecified atom stereocenters. The van der Waals surface area contributed by atoms with Crippen LogP contribution in [0.2, 0.25) is 0 Å². The van der Waals surface area contributed by atoms with Gasteiger partial charge < -0.3 is 10.4 Å². The van der Waals surface area contributed by atoms with Gasteiger partial charge in [0, 0.05) is 29.8 Å². The minimum Gasteiger partial charge on any atom is -0.508 e. The Hall–Kier alpha value is -1.94. The van der Waals surface area contributed by atoms with Crippen LogP contribution >= 0.6 is 0 Å². The Morgan fingerprint density at radius 3 is 2.58 bits per heavy atom. The Kier molecular flexibility index (Phi) is 3.17. The van der Waals surface area contributed by atoms with Crippen molar-refractivity contribution in [3.8, 4) is 17.0 Å². The molecule has 2 N–H and O–H groups in total. The molecule has 0 spiro atoms. The van der Waals surface area contributed by atoms with Gasteiger partial charge >= 0.3 is 0 Å². The summed E-state index contributed by atoms with van der Waals surface area (Å²) in [6.07, 6.45) is 1.90. The van der Waals surface area contributed by atoms with Gasteiger partial charge in [0.1, 0.15) is 11.6 Å². The van der Waals surface area contributed by atoms with Crippen molar-refractivity contribution in [3.05, 3.63) is 41.3 Å². The van der Waals surface area contributed by atoms with Crippen molar-refractivity contribution in [2.24, 2.45) is 0 Å². The van der Waals surface area contributed by atoms with Crippen molar-refractivity contribution in [2.75, 3.05) is 13.1 Å². The van der Waals surface area contributed by atoms with Crippen molar-refractivity contribution in [1.82, 2.24) is 15.3 Å². The van der Waals surface area contributed by atoms with Gasteiger partial charge in [-0.15, -0.1) is 0 Å². The molecule has 19 heavy (non-hydrogen) atoms. The van der Waals surface area contributed by atoms with Crippen LogP contribution in [0.15, 0.2) is 24.3 Å². The van der Waals surface area contributed by atoms with Gasteiger partial charge in [-0.1, -0.05) is 0 Å². The summed E-state index contributed by atoms with van der Waals surface area (Å²) in [5.41, 5.74) is 4.44. The fourth-order valence-corrected chi connectivity index (χ4v) is 2.53. The molecule has 0 aliphatic carbocycles. The van der Waals surface area contributed by atoms with Crippen molar-refractivity contribution in [2.45, 2.75) is 19.8 Å². The molecule has 98 valence electrons. The number of hydrogen-bond acceptors (Lipinski definition) is 4. The second-order valence-electron chi connectivity index (χ2n) is 4.84. The second kappa shape index (κ2) is 4.97. The quantitative estimate of drug-likeness (QED) is 0.816.